The first-order chi connectivity index (χ1) is 9.66. The summed E-state index contributed by atoms with van der Waals surface area (Å²) in [5.41, 5.74) is 1.61. The minimum Gasteiger partial charge on any atom is -0.480 e. The zero-order chi connectivity index (χ0) is 14.1. The third kappa shape index (κ3) is 2.10. The molecule has 0 saturated carbocycles. The number of hydrogen-bond acceptors (Lipinski definition) is 5. The number of hydrogen-bond donors (Lipinski definition) is 2. The fourth-order valence-electron chi connectivity index (χ4n) is 2.19. The van der Waals surface area contributed by atoms with E-state index in [1.54, 1.807) is 18.2 Å². The fraction of sp³-hybridized carbons (Fsp3) is 0.333. The number of nitrogens with one attached hydrogen (secondary N) is 1. The molecular weight excluding hydrogens is 264 g/mol. The summed E-state index contributed by atoms with van der Waals surface area (Å²) in [5.74, 6) is -1.41. The van der Waals surface area contributed by atoms with Crippen molar-refractivity contribution < 1.29 is 19.4 Å². The second-order valence-electron chi connectivity index (χ2n) is 4.45. The third-order valence-corrected chi connectivity index (χ3v) is 3.24. The van der Waals surface area contributed by atoms with Crippen LogP contribution >= 0.6 is 0 Å². The molecule has 2 aromatic rings. The Morgan fingerprint density at radius 3 is 2.95 bits per heavy atom. The van der Waals surface area contributed by atoms with Crippen LogP contribution in [0.25, 0.3) is 11.0 Å². The van der Waals surface area contributed by atoms with Gasteiger partial charge >= 0.3 is 5.97 Å². The van der Waals surface area contributed by atoms with Crippen molar-refractivity contribution in [2.24, 2.45) is 0 Å². The van der Waals surface area contributed by atoms with E-state index in [0.29, 0.717) is 23.2 Å². The molecule has 0 radical (unpaired) electrons. The predicted molar refractivity (Wildman–Crippen MR) is 67.2 cm³/mol. The summed E-state index contributed by atoms with van der Waals surface area (Å²) in [6.07, 6.45) is 0. The zero-order valence-electron chi connectivity index (χ0n) is 10.4. The lowest BCUT2D eigenvalue weighted by Gasteiger charge is -2.32. The summed E-state index contributed by atoms with van der Waals surface area (Å²) in [4.78, 5) is 24.9. The van der Waals surface area contributed by atoms with E-state index in [1.807, 2.05) is 0 Å². The van der Waals surface area contributed by atoms with Crippen molar-refractivity contribution in [3.63, 3.8) is 0 Å². The average molecular weight is 276 g/mol. The smallest absolute Gasteiger partial charge is 0.328 e. The second-order valence-corrected chi connectivity index (χ2v) is 4.45. The molecule has 1 saturated heterocycles. The summed E-state index contributed by atoms with van der Waals surface area (Å²) in [6, 6.07) is 3.92. The fourth-order valence-corrected chi connectivity index (χ4v) is 2.19. The first kappa shape index (κ1) is 12.5. The van der Waals surface area contributed by atoms with E-state index in [2.05, 4.69) is 15.4 Å². The highest BCUT2D eigenvalue weighted by Crippen LogP contribution is 2.16. The van der Waals surface area contributed by atoms with Crippen molar-refractivity contribution in [2.75, 3.05) is 19.8 Å². The van der Waals surface area contributed by atoms with Gasteiger partial charge in [0.15, 0.2) is 6.04 Å². The van der Waals surface area contributed by atoms with Gasteiger partial charge in [-0.1, -0.05) is 0 Å². The number of aromatic nitrogens is 3. The molecule has 1 amide bonds. The Hall–Kier alpha value is -2.48. The highest BCUT2D eigenvalue weighted by atomic mass is 16.5. The van der Waals surface area contributed by atoms with Gasteiger partial charge in [0.05, 0.1) is 13.2 Å². The van der Waals surface area contributed by atoms with Crippen LogP contribution in [-0.2, 0) is 9.53 Å². The number of carbonyl (C=O) groups excluding carboxylic acids is 1. The standard InChI is InChI=1S/C12H12N4O4/c17-11(16-3-4-20-6-10(16)12(18)19)7-1-2-8-9(5-7)14-15-13-8/h1-2,5,10H,3-4,6H2,(H,18,19)(H,13,14,15)/t10-/m1/s1. The number of aliphatic carboxylic acids is 1. The Morgan fingerprint density at radius 1 is 1.35 bits per heavy atom. The molecule has 0 unspecified atom stereocenters. The van der Waals surface area contributed by atoms with E-state index in [-0.39, 0.29) is 19.1 Å². The van der Waals surface area contributed by atoms with Crippen molar-refractivity contribution in [2.45, 2.75) is 6.04 Å². The number of nitrogens with zero attached hydrogens (tertiary/aromatic N) is 3. The van der Waals surface area contributed by atoms with Crippen LogP contribution in [0.1, 0.15) is 10.4 Å². The number of H-pyrrole nitrogens is 1. The molecule has 1 aromatic heterocycles. The van der Waals surface area contributed by atoms with Gasteiger partial charge in [0.1, 0.15) is 11.0 Å². The Bertz CT molecular complexity index is 668. The highest BCUT2D eigenvalue weighted by Gasteiger charge is 2.33. The average Bonchev–Trinajstić information content (AvgIpc) is 2.93. The topological polar surface area (TPSA) is 108 Å². The minimum absolute atomic E-state index is 0.00722. The van der Waals surface area contributed by atoms with Gasteiger partial charge in [-0.15, -0.1) is 0 Å². The van der Waals surface area contributed by atoms with E-state index in [0.717, 1.165) is 0 Å². The normalized spacial score (nSPS) is 19.2. The van der Waals surface area contributed by atoms with Crippen LogP contribution in [0.3, 0.4) is 0 Å². The summed E-state index contributed by atoms with van der Waals surface area (Å²) in [7, 11) is 0. The monoisotopic (exact) mass is 276 g/mol. The molecule has 1 aliphatic rings. The molecule has 1 aromatic carbocycles. The maximum atomic E-state index is 12.4. The number of carboxylic acids is 1. The maximum absolute atomic E-state index is 12.4. The number of rotatable bonds is 2. The minimum atomic E-state index is -1.07. The largest absolute Gasteiger partial charge is 0.480 e. The number of aromatic amines is 1. The SMILES string of the molecule is O=C(O)[C@H]1COCCN1C(=O)c1ccc2n[nH]nc2c1. The van der Waals surface area contributed by atoms with Gasteiger partial charge in [-0.05, 0) is 18.2 Å². The lowest BCUT2D eigenvalue weighted by molar-refractivity contribution is -0.147. The number of carboxylic acid groups (broad SMARTS) is 1. The van der Waals surface area contributed by atoms with Gasteiger partial charge in [0.2, 0.25) is 0 Å². The molecule has 1 fully saturated rings. The Balaban J connectivity index is 1.91. The van der Waals surface area contributed by atoms with Gasteiger partial charge < -0.3 is 14.7 Å². The van der Waals surface area contributed by atoms with Crippen LogP contribution < -0.4 is 0 Å². The molecule has 0 bridgehead atoms. The molecule has 20 heavy (non-hydrogen) atoms. The Labute approximate surface area is 113 Å². The van der Waals surface area contributed by atoms with Crippen LogP contribution in [0.2, 0.25) is 0 Å². The van der Waals surface area contributed by atoms with E-state index in [4.69, 9.17) is 9.84 Å². The molecule has 8 nitrogen and oxygen atoms in total. The molecule has 2 heterocycles. The first-order valence-corrected chi connectivity index (χ1v) is 6.09. The van der Waals surface area contributed by atoms with E-state index in [1.165, 1.54) is 4.90 Å². The van der Waals surface area contributed by atoms with Crippen molar-refractivity contribution in [1.29, 1.82) is 0 Å². The lowest BCUT2D eigenvalue weighted by Crippen LogP contribution is -2.52. The number of benzene rings is 1. The second kappa shape index (κ2) is 4.89. The van der Waals surface area contributed by atoms with E-state index in [9.17, 15) is 9.59 Å². The summed E-state index contributed by atoms with van der Waals surface area (Å²) >= 11 is 0. The van der Waals surface area contributed by atoms with Crippen molar-refractivity contribution in [3.05, 3.63) is 23.8 Å². The van der Waals surface area contributed by atoms with Crippen molar-refractivity contribution >= 4 is 22.9 Å². The van der Waals surface area contributed by atoms with Crippen molar-refractivity contribution in [1.82, 2.24) is 20.3 Å². The van der Waals surface area contributed by atoms with Gasteiger partial charge in [0.25, 0.3) is 5.91 Å². The molecule has 0 spiro atoms. The lowest BCUT2D eigenvalue weighted by atomic mass is 10.1. The van der Waals surface area contributed by atoms with Crippen LogP contribution in [0.4, 0.5) is 0 Å². The maximum Gasteiger partial charge on any atom is 0.328 e. The summed E-state index contributed by atoms with van der Waals surface area (Å²) in [5, 5.41) is 19.4. The quantitative estimate of drug-likeness (QED) is 0.791. The Morgan fingerprint density at radius 2 is 2.15 bits per heavy atom. The van der Waals surface area contributed by atoms with Crippen LogP contribution in [0.15, 0.2) is 18.2 Å². The Kier molecular flexibility index (Phi) is 3.07. The highest BCUT2D eigenvalue weighted by molar-refractivity contribution is 5.99. The number of morpholine rings is 1. The van der Waals surface area contributed by atoms with E-state index < -0.39 is 12.0 Å². The molecule has 8 heteroatoms. The molecule has 1 aliphatic heterocycles. The molecular formula is C12H12N4O4. The molecule has 1 atom stereocenters. The summed E-state index contributed by atoms with van der Waals surface area (Å²) in [6.45, 7) is 0.599. The molecule has 0 aliphatic carbocycles. The molecule has 104 valence electrons. The van der Waals surface area contributed by atoms with Gasteiger partial charge in [-0.2, -0.15) is 15.4 Å². The van der Waals surface area contributed by atoms with Gasteiger partial charge in [-0.3, -0.25) is 4.79 Å². The zero-order valence-corrected chi connectivity index (χ0v) is 10.4. The predicted octanol–water partition coefficient (Wildman–Crippen LogP) is -0.117. The van der Waals surface area contributed by atoms with Crippen LogP contribution in [0.5, 0.6) is 0 Å². The first-order valence-electron chi connectivity index (χ1n) is 6.09. The van der Waals surface area contributed by atoms with Gasteiger partial charge in [-0.25, -0.2) is 4.79 Å². The summed E-state index contributed by atoms with van der Waals surface area (Å²) < 4.78 is 5.12. The third-order valence-electron chi connectivity index (χ3n) is 3.24. The van der Waals surface area contributed by atoms with Gasteiger partial charge in [0, 0.05) is 12.1 Å². The number of ether oxygens (including phenoxy) is 1. The number of carbonyl (C=O) groups is 2. The van der Waals surface area contributed by atoms with Crippen molar-refractivity contribution in [3.8, 4) is 0 Å². The number of amides is 1. The molecule has 3 rings (SSSR count). The number of fused-ring (bicyclic) bond motifs is 1. The van der Waals surface area contributed by atoms with Crippen LogP contribution in [0, 0.1) is 0 Å². The van der Waals surface area contributed by atoms with Crippen LogP contribution in [-0.4, -0.2) is 63.1 Å². The van der Waals surface area contributed by atoms with E-state index >= 15 is 0 Å². The molecule has 2 N–H and O–H groups in total.